The first-order valence-electron chi connectivity index (χ1n) is 6.65. The Morgan fingerprint density at radius 1 is 1.37 bits per heavy atom. The standard InChI is InChI=1S/C15H20BrNO2/c1-10-6-7-17(9-11(10)2)15(18)13-5-4-12(16)8-14(13)19-3/h4-5,8,10-11H,6-7,9H2,1-3H3. The van der Waals surface area contributed by atoms with Crippen LogP contribution in [0, 0.1) is 11.8 Å². The maximum absolute atomic E-state index is 12.6. The number of carbonyl (C=O) groups excluding carboxylic acids is 1. The van der Waals surface area contributed by atoms with Crippen LogP contribution in [0.25, 0.3) is 0 Å². The Balaban J connectivity index is 2.20. The van der Waals surface area contributed by atoms with E-state index in [9.17, 15) is 4.79 Å². The summed E-state index contributed by atoms with van der Waals surface area (Å²) in [6.07, 6.45) is 1.08. The molecule has 1 heterocycles. The number of hydrogen-bond acceptors (Lipinski definition) is 2. The molecular formula is C15H20BrNO2. The molecule has 1 aliphatic heterocycles. The first-order valence-corrected chi connectivity index (χ1v) is 7.45. The van der Waals surface area contributed by atoms with E-state index in [1.54, 1.807) is 7.11 Å². The maximum Gasteiger partial charge on any atom is 0.257 e. The summed E-state index contributed by atoms with van der Waals surface area (Å²) in [5, 5.41) is 0. The molecule has 0 bridgehead atoms. The molecule has 0 aliphatic carbocycles. The summed E-state index contributed by atoms with van der Waals surface area (Å²) in [7, 11) is 1.60. The third-order valence-corrected chi connectivity index (χ3v) is 4.51. The van der Waals surface area contributed by atoms with Gasteiger partial charge in [0.2, 0.25) is 0 Å². The molecule has 19 heavy (non-hydrogen) atoms. The molecule has 0 radical (unpaired) electrons. The molecule has 0 aromatic heterocycles. The summed E-state index contributed by atoms with van der Waals surface area (Å²) in [4.78, 5) is 14.5. The lowest BCUT2D eigenvalue weighted by Crippen LogP contribution is -2.42. The molecule has 0 N–H and O–H groups in total. The van der Waals surface area contributed by atoms with Crippen LogP contribution in [0.5, 0.6) is 5.75 Å². The van der Waals surface area contributed by atoms with Crippen LogP contribution in [0.1, 0.15) is 30.6 Å². The van der Waals surface area contributed by atoms with Crippen LogP contribution >= 0.6 is 15.9 Å². The van der Waals surface area contributed by atoms with Crippen molar-refractivity contribution in [3.63, 3.8) is 0 Å². The van der Waals surface area contributed by atoms with Crippen LogP contribution in [0.4, 0.5) is 0 Å². The van der Waals surface area contributed by atoms with Gasteiger partial charge in [0.1, 0.15) is 5.75 Å². The van der Waals surface area contributed by atoms with Crippen molar-refractivity contribution in [2.45, 2.75) is 20.3 Å². The predicted molar refractivity (Wildman–Crippen MR) is 79.5 cm³/mol. The lowest BCUT2D eigenvalue weighted by Gasteiger charge is -2.35. The molecular weight excluding hydrogens is 306 g/mol. The molecule has 1 aliphatic rings. The summed E-state index contributed by atoms with van der Waals surface area (Å²) in [6.45, 7) is 6.14. The van der Waals surface area contributed by atoms with Crippen molar-refractivity contribution in [3.8, 4) is 5.75 Å². The quantitative estimate of drug-likeness (QED) is 0.831. The molecule has 2 rings (SSSR count). The van der Waals surface area contributed by atoms with Gasteiger partial charge in [-0.15, -0.1) is 0 Å². The molecule has 1 fully saturated rings. The summed E-state index contributed by atoms with van der Waals surface area (Å²) in [5.41, 5.74) is 0.646. The topological polar surface area (TPSA) is 29.5 Å². The van der Waals surface area contributed by atoms with E-state index in [-0.39, 0.29) is 5.91 Å². The fraction of sp³-hybridized carbons (Fsp3) is 0.533. The highest BCUT2D eigenvalue weighted by molar-refractivity contribution is 9.10. The normalized spacial score (nSPS) is 23.3. The first-order chi connectivity index (χ1) is 9.02. The van der Waals surface area contributed by atoms with E-state index in [0.29, 0.717) is 23.1 Å². The van der Waals surface area contributed by atoms with Gasteiger partial charge in [-0.25, -0.2) is 0 Å². The number of nitrogens with zero attached hydrogens (tertiary/aromatic N) is 1. The van der Waals surface area contributed by atoms with Gasteiger partial charge in [0, 0.05) is 17.6 Å². The number of methoxy groups -OCH3 is 1. The SMILES string of the molecule is COc1cc(Br)ccc1C(=O)N1CCC(C)C(C)C1. The van der Waals surface area contributed by atoms with Crippen molar-refractivity contribution in [2.24, 2.45) is 11.8 Å². The van der Waals surface area contributed by atoms with Gasteiger partial charge in [-0.05, 0) is 36.5 Å². The number of rotatable bonds is 2. The van der Waals surface area contributed by atoms with E-state index in [1.807, 2.05) is 23.1 Å². The van der Waals surface area contributed by atoms with Crippen LogP contribution in [0.2, 0.25) is 0 Å². The Hall–Kier alpha value is -1.03. The van der Waals surface area contributed by atoms with E-state index < -0.39 is 0 Å². The number of amides is 1. The summed E-state index contributed by atoms with van der Waals surface area (Å²) in [6, 6.07) is 5.54. The number of benzene rings is 1. The van der Waals surface area contributed by atoms with Gasteiger partial charge < -0.3 is 9.64 Å². The van der Waals surface area contributed by atoms with E-state index in [2.05, 4.69) is 29.8 Å². The van der Waals surface area contributed by atoms with E-state index >= 15 is 0 Å². The van der Waals surface area contributed by atoms with Gasteiger partial charge in [0.05, 0.1) is 12.7 Å². The molecule has 3 nitrogen and oxygen atoms in total. The Labute approximate surface area is 123 Å². The van der Waals surface area contributed by atoms with Crippen molar-refractivity contribution >= 4 is 21.8 Å². The number of ether oxygens (including phenoxy) is 1. The molecule has 0 saturated carbocycles. The zero-order valence-electron chi connectivity index (χ0n) is 11.6. The molecule has 0 spiro atoms. The van der Waals surface area contributed by atoms with Gasteiger partial charge in [-0.1, -0.05) is 29.8 Å². The summed E-state index contributed by atoms with van der Waals surface area (Å²) >= 11 is 3.39. The average Bonchev–Trinajstić information content (AvgIpc) is 2.41. The van der Waals surface area contributed by atoms with E-state index in [1.165, 1.54) is 0 Å². The van der Waals surface area contributed by atoms with Gasteiger partial charge in [-0.3, -0.25) is 4.79 Å². The Morgan fingerprint density at radius 3 is 2.74 bits per heavy atom. The van der Waals surface area contributed by atoms with Crippen molar-refractivity contribution in [3.05, 3.63) is 28.2 Å². The summed E-state index contributed by atoms with van der Waals surface area (Å²) in [5.74, 6) is 1.95. The number of piperidine rings is 1. The van der Waals surface area contributed by atoms with Gasteiger partial charge in [0.25, 0.3) is 5.91 Å². The Morgan fingerprint density at radius 2 is 2.11 bits per heavy atom. The zero-order valence-corrected chi connectivity index (χ0v) is 13.2. The molecule has 2 unspecified atom stereocenters. The number of likely N-dealkylation sites (tertiary alicyclic amines) is 1. The second-order valence-electron chi connectivity index (χ2n) is 5.34. The predicted octanol–water partition coefficient (Wildman–Crippen LogP) is 3.58. The zero-order chi connectivity index (χ0) is 14.0. The van der Waals surface area contributed by atoms with Gasteiger partial charge in [-0.2, -0.15) is 0 Å². The highest BCUT2D eigenvalue weighted by Crippen LogP contribution is 2.28. The van der Waals surface area contributed by atoms with Crippen LogP contribution in [0.3, 0.4) is 0 Å². The second-order valence-corrected chi connectivity index (χ2v) is 6.25. The largest absolute Gasteiger partial charge is 0.496 e. The van der Waals surface area contributed by atoms with E-state index in [4.69, 9.17) is 4.74 Å². The van der Waals surface area contributed by atoms with Crippen LogP contribution in [-0.4, -0.2) is 31.0 Å². The third-order valence-electron chi connectivity index (χ3n) is 4.02. The minimum atomic E-state index is 0.0723. The third kappa shape index (κ3) is 3.11. The van der Waals surface area contributed by atoms with Crippen LogP contribution in [0.15, 0.2) is 22.7 Å². The lowest BCUT2D eigenvalue weighted by atomic mass is 9.88. The summed E-state index contributed by atoms with van der Waals surface area (Å²) < 4.78 is 6.23. The van der Waals surface area contributed by atoms with Gasteiger partial charge in [0.15, 0.2) is 0 Å². The fourth-order valence-electron chi connectivity index (χ4n) is 2.46. The average molecular weight is 326 g/mol. The number of hydrogen-bond donors (Lipinski definition) is 0. The smallest absolute Gasteiger partial charge is 0.257 e. The number of halogens is 1. The highest BCUT2D eigenvalue weighted by Gasteiger charge is 2.27. The van der Waals surface area contributed by atoms with Crippen molar-refractivity contribution in [1.82, 2.24) is 4.90 Å². The van der Waals surface area contributed by atoms with E-state index in [0.717, 1.165) is 24.0 Å². The minimum absolute atomic E-state index is 0.0723. The molecule has 1 amide bonds. The molecule has 1 saturated heterocycles. The van der Waals surface area contributed by atoms with Gasteiger partial charge >= 0.3 is 0 Å². The van der Waals surface area contributed by atoms with Crippen LogP contribution in [-0.2, 0) is 0 Å². The Bertz CT molecular complexity index is 475. The maximum atomic E-state index is 12.6. The van der Waals surface area contributed by atoms with Crippen molar-refractivity contribution < 1.29 is 9.53 Å². The lowest BCUT2D eigenvalue weighted by molar-refractivity contribution is 0.0624. The Kier molecular flexibility index (Phi) is 4.50. The van der Waals surface area contributed by atoms with Crippen molar-refractivity contribution in [1.29, 1.82) is 0 Å². The molecule has 1 aromatic rings. The van der Waals surface area contributed by atoms with Crippen molar-refractivity contribution in [2.75, 3.05) is 20.2 Å². The van der Waals surface area contributed by atoms with Crippen LogP contribution < -0.4 is 4.74 Å². The molecule has 104 valence electrons. The highest BCUT2D eigenvalue weighted by atomic mass is 79.9. The molecule has 1 aromatic carbocycles. The monoisotopic (exact) mass is 325 g/mol. The fourth-order valence-corrected chi connectivity index (χ4v) is 2.80. The first kappa shape index (κ1) is 14.4. The number of carbonyl (C=O) groups is 1. The molecule has 4 heteroatoms. The minimum Gasteiger partial charge on any atom is -0.496 e. The second kappa shape index (κ2) is 5.95. The molecule has 2 atom stereocenters.